The molecule has 0 aromatic rings. The van der Waals surface area contributed by atoms with E-state index in [2.05, 4.69) is 0 Å². The summed E-state index contributed by atoms with van der Waals surface area (Å²) in [4.78, 5) is 24.2. The molecular formula is C13H25NO5. The second-order valence-corrected chi connectivity index (χ2v) is 6.21. The number of carbonyl (C=O) groups is 2. The van der Waals surface area contributed by atoms with Gasteiger partial charge in [-0.1, -0.05) is 0 Å². The fourth-order valence-electron chi connectivity index (χ4n) is 0.977. The summed E-state index contributed by atoms with van der Waals surface area (Å²) in [5, 5.41) is 0. The number of hydrogen-bond acceptors (Lipinski definition) is 5. The van der Waals surface area contributed by atoms with Crippen LogP contribution in [-0.4, -0.2) is 48.5 Å². The normalized spacial score (nSPS) is 11.7. The first-order valence-corrected chi connectivity index (χ1v) is 6.20. The van der Waals surface area contributed by atoms with Crippen molar-refractivity contribution in [3.8, 4) is 0 Å². The van der Waals surface area contributed by atoms with Gasteiger partial charge in [0, 0.05) is 7.05 Å². The van der Waals surface area contributed by atoms with Gasteiger partial charge in [-0.15, -0.1) is 0 Å². The summed E-state index contributed by atoms with van der Waals surface area (Å²) in [5.74, 6) is 0. The highest BCUT2D eigenvalue weighted by atomic mass is 16.7. The van der Waals surface area contributed by atoms with Crippen LogP contribution < -0.4 is 0 Å². The molecule has 0 aliphatic carbocycles. The molecule has 0 aromatic heterocycles. The summed E-state index contributed by atoms with van der Waals surface area (Å²) in [6, 6.07) is 0. The van der Waals surface area contributed by atoms with Gasteiger partial charge >= 0.3 is 12.2 Å². The number of ether oxygens (including phenoxy) is 3. The van der Waals surface area contributed by atoms with Crippen LogP contribution in [0.5, 0.6) is 0 Å². The molecule has 0 aromatic carbocycles. The van der Waals surface area contributed by atoms with Gasteiger partial charge in [-0.2, -0.15) is 0 Å². The van der Waals surface area contributed by atoms with Gasteiger partial charge in [-0.3, -0.25) is 0 Å². The van der Waals surface area contributed by atoms with Crippen LogP contribution in [0, 0.1) is 0 Å². The number of hydrogen-bond donors (Lipinski definition) is 0. The smallest absolute Gasteiger partial charge is 0.444 e. The van der Waals surface area contributed by atoms with Crippen LogP contribution in [0.2, 0.25) is 0 Å². The summed E-state index contributed by atoms with van der Waals surface area (Å²) >= 11 is 0. The van der Waals surface area contributed by atoms with Crippen molar-refractivity contribution >= 4 is 12.2 Å². The molecule has 0 N–H and O–H groups in total. The molecule has 6 nitrogen and oxygen atoms in total. The highest BCUT2D eigenvalue weighted by molar-refractivity contribution is 5.67. The third-order valence-electron chi connectivity index (χ3n) is 1.74. The zero-order valence-corrected chi connectivity index (χ0v) is 12.9. The van der Waals surface area contributed by atoms with Crippen molar-refractivity contribution in [2.45, 2.75) is 52.7 Å². The van der Waals surface area contributed by atoms with Crippen molar-refractivity contribution in [2.24, 2.45) is 0 Å². The van der Waals surface area contributed by atoms with Crippen LogP contribution in [-0.2, 0) is 14.2 Å². The third-order valence-corrected chi connectivity index (χ3v) is 1.74. The molecule has 0 spiro atoms. The van der Waals surface area contributed by atoms with Gasteiger partial charge in [0.15, 0.2) is 0 Å². The number of nitrogens with zero attached hydrogens (tertiary/aromatic N) is 1. The van der Waals surface area contributed by atoms with E-state index in [-0.39, 0.29) is 13.2 Å². The molecule has 0 unspecified atom stereocenters. The van der Waals surface area contributed by atoms with E-state index in [0.29, 0.717) is 0 Å². The second kappa shape index (κ2) is 6.63. The number of carbonyl (C=O) groups excluding carboxylic acids is 2. The first-order chi connectivity index (χ1) is 8.41. The molecule has 1 amide bonds. The Bertz CT molecular complexity index is 314. The van der Waals surface area contributed by atoms with Crippen molar-refractivity contribution in [1.29, 1.82) is 0 Å². The van der Waals surface area contributed by atoms with E-state index in [1.165, 1.54) is 4.90 Å². The van der Waals surface area contributed by atoms with Crippen LogP contribution in [0.4, 0.5) is 9.59 Å². The number of likely N-dealkylation sites (N-methyl/N-ethyl adjacent to an activating group) is 1. The average molecular weight is 275 g/mol. The van der Waals surface area contributed by atoms with E-state index in [0.717, 1.165) is 0 Å². The lowest BCUT2D eigenvalue weighted by atomic mass is 10.2. The van der Waals surface area contributed by atoms with Crippen LogP contribution in [0.3, 0.4) is 0 Å². The van der Waals surface area contributed by atoms with Crippen molar-refractivity contribution in [2.75, 3.05) is 20.2 Å². The number of amides is 1. The minimum atomic E-state index is -0.745. The fourth-order valence-corrected chi connectivity index (χ4v) is 0.977. The predicted molar refractivity (Wildman–Crippen MR) is 71.1 cm³/mol. The minimum absolute atomic E-state index is 0.0602. The molecule has 0 aliphatic rings. The van der Waals surface area contributed by atoms with Crippen molar-refractivity contribution in [1.82, 2.24) is 4.90 Å². The summed E-state index contributed by atoms with van der Waals surface area (Å²) < 4.78 is 15.0. The first-order valence-electron chi connectivity index (χ1n) is 6.20. The van der Waals surface area contributed by atoms with Crippen molar-refractivity contribution in [3.63, 3.8) is 0 Å². The van der Waals surface area contributed by atoms with Crippen LogP contribution in [0.25, 0.3) is 0 Å². The molecule has 19 heavy (non-hydrogen) atoms. The van der Waals surface area contributed by atoms with Crippen LogP contribution in [0.1, 0.15) is 41.5 Å². The Morgan fingerprint density at radius 3 is 1.84 bits per heavy atom. The molecule has 0 saturated carbocycles. The van der Waals surface area contributed by atoms with E-state index in [1.54, 1.807) is 48.6 Å². The first kappa shape index (κ1) is 17.5. The molecule has 0 radical (unpaired) electrons. The SMILES string of the molecule is CN(CCOC(=O)OC(C)(C)C)C(=O)OC(C)(C)C. The molecule has 0 saturated heterocycles. The van der Waals surface area contributed by atoms with Gasteiger partial charge in [0.25, 0.3) is 0 Å². The topological polar surface area (TPSA) is 65.1 Å². The highest BCUT2D eigenvalue weighted by Gasteiger charge is 2.20. The molecular weight excluding hydrogens is 250 g/mol. The van der Waals surface area contributed by atoms with E-state index in [9.17, 15) is 9.59 Å². The summed E-state index contributed by atoms with van der Waals surface area (Å²) in [7, 11) is 1.58. The molecule has 0 bridgehead atoms. The minimum Gasteiger partial charge on any atom is -0.444 e. The van der Waals surface area contributed by atoms with E-state index in [4.69, 9.17) is 14.2 Å². The molecule has 0 atom stereocenters. The predicted octanol–water partition coefficient (Wildman–Crippen LogP) is 2.81. The largest absolute Gasteiger partial charge is 0.508 e. The standard InChI is InChI=1S/C13H25NO5/c1-12(2,3)18-10(15)14(7)8-9-17-11(16)19-13(4,5)6/h8-9H2,1-7H3. The Balaban J connectivity index is 3.95. The Labute approximate surface area is 115 Å². The number of rotatable bonds is 3. The highest BCUT2D eigenvalue weighted by Crippen LogP contribution is 2.09. The lowest BCUT2D eigenvalue weighted by Crippen LogP contribution is -2.36. The fraction of sp³-hybridized carbons (Fsp3) is 0.846. The van der Waals surface area contributed by atoms with E-state index < -0.39 is 23.5 Å². The van der Waals surface area contributed by atoms with E-state index in [1.807, 2.05) is 0 Å². The zero-order valence-electron chi connectivity index (χ0n) is 12.9. The Morgan fingerprint density at radius 2 is 1.42 bits per heavy atom. The maximum absolute atomic E-state index is 11.6. The quantitative estimate of drug-likeness (QED) is 0.741. The average Bonchev–Trinajstić information content (AvgIpc) is 2.11. The molecule has 0 heterocycles. The monoisotopic (exact) mass is 275 g/mol. The molecule has 6 heteroatoms. The van der Waals surface area contributed by atoms with Crippen molar-refractivity contribution < 1.29 is 23.8 Å². The van der Waals surface area contributed by atoms with Gasteiger partial charge in [0.2, 0.25) is 0 Å². The van der Waals surface area contributed by atoms with Gasteiger partial charge in [0.1, 0.15) is 17.8 Å². The van der Waals surface area contributed by atoms with Crippen LogP contribution >= 0.6 is 0 Å². The molecule has 0 fully saturated rings. The Morgan fingerprint density at radius 1 is 0.947 bits per heavy atom. The van der Waals surface area contributed by atoms with Gasteiger partial charge < -0.3 is 19.1 Å². The molecule has 0 rings (SSSR count). The maximum Gasteiger partial charge on any atom is 0.508 e. The van der Waals surface area contributed by atoms with E-state index >= 15 is 0 Å². The van der Waals surface area contributed by atoms with Gasteiger partial charge in [-0.05, 0) is 41.5 Å². The molecule has 112 valence electrons. The Hall–Kier alpha value is -1.46. The van der Waals surface area contributed by atoms with Gasteiger partial charge in [0.05, 0.1) is 6.54 Å². The summed E-state index contributed by atoms with van der Waals surface area (Å²) in [6.07, 6.45) is -1.20. The maximum atomic E-state index is 11.6. The second-order valence-electron chi connectivity index (χ2n) is 6.21. The summed E-state index contributed by atoms with van der Waals surface area (Å²) in [6.45, 7) is 10.9. The van der Waals surface area contributed by atoms with Crippen LogP contribution in [0.15, 0.2) is 0 Å². The lowest BCUT2D eigenvalue weighted by Gasteiger charge is -2.24. The lowest BCUT2D eigenvalue weighted by molar-refractivity contribution is -0.0126. The zero-order chi connectivity index (χ0) is 15.3. The molecule has 0 aliphatic heterocycles. The van der Waals surface area contributed by atoms with Crippen molar-refractivity contribution in [3.05, 3.63) is 0 Å². The summed E-state index contributed by atoms with van der Waals surface area (Å²) in [5.41, 5.74) is -1.13. The van der Waals surface area contributed by atoms with Gasteiger partial charge in [-0.25, -0.2) is 9.59 Å². The Kier molecular flexibility index (Phi) is 6.12. The third kappa shape index (κ3) is 10.2.